The van der Waals surface area contributed by atoms with Gasteiger partial charge in [0.1, 0.15) is 30.5 Å². The molecule has 0 fully saturated rings. The first-order valence-electron chi connectivity index (χ1n) is 18.0. The summed E-state index contributed by atoms with van der Waals surface area (Å²) in [6.45, 7) is 8.40. The summed E-state index contributed by atoms with van der Waals surface area (Å²) in [6, 6.07) is 21.8. The molecule has 52 heavy (non-hydrogen) atoms. The summed E-state index contributed by atoms with van der Waals surface area (Å²) in [5.41, 5.74) is 2.44. The Balaban J connectivity index is 1.60. The van der Waals surface area contributed by atoms with Crippen molar-refractivity contribution in [2.45, 2.75) is 90.4 Å². The number of aliphatic hydroxyl groups is 1. The van der Waals surface area contributed by atoms with Crippen LogP contribution in [0.5, 0.6) is 5.75 Å². The molecule has 5 rings (SSSR count). The average Bonchev–Trinajstić information content (AvgIpc) is 3.14. The van der Waals surface area contributed by atoms with Crippen LogP contribution in [0.15, 0.2) is 84.9 Å². The summed E-state index contributed by atoms with van der Waals surface area (Å²) in [5.74, 6) is -1.36. The fourth-order valence-corrected chi connectivity index (χ4v) is 5.87. The predicted molar refractivity (Wildman–Crippen MR) is 198 cm³/mol. The fraction of sp³-hybridized carbons (Fsp3) is 0.450. The van der Waals surface area contributed by atoms with E-state index in [0.717, 1.165) is 23.1 Å². The Kier molecular flexibility index (Phi) is 15.5. The van der Waals surface area contributed by atoms with Gasteiger partial charge in [-0.3, -0.25) is 19.7 Å². The van der Waals surface area contributed by atoms with E-state index in [0.29, 0.717) is 25.3 Å². The Morgan fingerprint density at radius 2 is 1.50 bits per heavy atom. The van der Waals surface area contributed by atoms with Gasteiger partial charge in [-0.05, 0) is 59.9 Å². The first-order chi connectivity index (χ1) is 25.0. The lowest BCUT2D eigenvalue weighted by Crippen LogP contribution is -2.63. The van der Waals surface area contributed by atoms with Crippen molar-refractivity contribution in [2.75, 3.05) is 13.2 Å². The Labute approximate surface area is 306 Å². The number of ether oxygens (including phenoxy) is 2. The van der Waals surface area contributed by atoms with Crippen LogP contribution in [0.2, 0.25) is 0 Å². The zero-order valence-corrected chi connectivity index (χ0v) is 30.5. The molecule has 0 saturated heterocycles. The molecule has 6 N–H and O–H groups in total. The maximum absolute atomic E-state index is 14.1. The summed E-state index contributed by atoms with van der Waals surface area (Å²) in [5, 5.41) is 26.7. The molecule has 0 aromatic heterocycles. The topological polar surface area (TPSA) is 167 Å². The number of carbonyl (C=O) groups is 4. The molecule has 2 unspecified atom stereocenters. The molecule has 3 aromatic carbocycles. The van der Waals surface area contributed by atoms with Gasteiger partial charge < -0.3 is 35.8 Å². The van der Waals surface area contributed by atoms with E-state index in [4.69, 9.17) is 9.47 Å². The first-order valence-corrected chi connectivity index (χ1v) is 18.0. The van der Waals surface area contributed by atoms with Crippen molar-refractivity contribution in [3.05, 3.63) is 102 Å². The van der Waals surface area contributed by atoms with Gasteiger partial charge in [-0.1, -0.05) is 100 Å². The lowest BCUT2D eigenvalue weighted by Gasteiger charge is -2.33. The summed E-state index contributed by atoms with van der Waals surface area (Å²) in [4.78, 5) is 54.1. The van der Waals surface area contributed by atoms with E-state index in [1.54, 1.807) is 13.8 Å². The number of amides is 4. The highest BCUT2D eigenvalue weighted by atomic mass is 16.5. The fourth-order valence-electron chi connectivity index (χ4n) is 5.87. The van der Waals surface area contributed by atoms with Crippen molar-refractivity contribution in [3.63, 3.8) is 0 Å². The molecular formula is C40H53N5O7. The lowest BCUT2D eigenvalue weighted by atomic mass is 9.93. The number of benzene rings is 3. The molecule has 0 aliphatic carbocycles. The van der Waals surface area contributed by atoms with Crippen molar-refractivity contribution in [2.24, 2.45) is 11.8 Å². The van der Waals surface area contributed by atoms with Crippen LogP contribution in [0.4, 0.5) is 4.79 Å². The molecule has 2 aliphatic rings. The summed E-state index contributed by atoms with van der Waals surface area (Å²) in [7, 11) is 0. The minimum atomic E-state index is -1.47. The number of aliphatic hydroxyl groups excluding tert-OH is 1. The molecule has 2 aliphatic heterocycles. The van der Waals surface area contributed by atoms with Crippen LogP contribution in [0.1, 0.15) is 57.2 Å². The molecule has 0 radical (unpaired) electrons. The molecule has 0 spiro atoms. The summed E-state index contributed by atoms with van der Waals surface area (Å²) >= 11 is 0. The minimum Gasteiger partial charge on any atom is -0.494 e. The van der Waals surface area contributed by atoms with E-state index < -0.39 is 48.2 Å². The standard InChI is InChI=1S/C40H53N5O7/c1-26(2)33-37(47)41-21-11-12-22-51-31-19-17-29(18-20-31)24-42-35(39(49)44-33)36(46)32(23-28-13-7-5-8-14-28)43-38(48)34(27(3)4)45-40(50)52-25-30-15-9-6-10-16-30/h5-10,13-20,26-27,32-36,42,46H,11-12,21-25H2,1-4H3,(H,41,47)(H,43,48)(H,44,49)(H,45,50)/t32-,33?,34-,35+,36?/m0/s1. The van der Waals surface area contributed by atoms with E-state index in [-0.39, 0.29) is 37.3 Å². The maximum Gasteiger partial charge on any atom is 0.408 e. The predicted octanol–water partition coefficient (Wildman–Crippen LogP) is 3.61. The molecule has 4 amide bonds. The molecule has 12 nitrogen and oxygen atoms in total. The number of hydrogen-bond acceptors (Lipinski definition) is 8. The number of rotatable bonds is 11. The van der Waals surface area contributed by atoms with Crippen LogP contribution < -0.4 is 31.3 Å². The second-order valence-electron chi connectivity index (χ2n) is 13.8. The van der Waals surface area contributed by atoms with Crippen molar-refractivity contribution >= 4 is 23.8 Å². The summed E-state index contributed by atoms with van der Waals surface area (Å²) < 4.78 is 11.2. The normalized spacial score (nSPS) is 19.0. The largest absolute Gasteiger partial charge is 0.494 e. The first kappa shape index (κ1) is 39.8. The van der Waals surface area contributed by atoms with E-state index in [9.17, 15) is 24.3 Å². The number of alkyl carbamates (subject to hydrolysis) is 1. The van der Waals surface area contributed by atoms with Crippen LogP contribution in [0.25, 0.3) is 0 Å². The Morgan fingerprint density at radius 1 is 0.846 bits per heavy atom. The highest BCUT2D eigenvalue weighted by Crippen LogP contribution is 2.16. The average molecular weight is 716 g/mol. The Hall–Kier alpha value is -4.94. The third kappa shape index (κ3) is 12.4. The second kappa shape index (κ2) is 20.2. The Bertz CT molecular complexity index is 1570. The van der Waals surface area contributed by atoms with Gasteiger partial charge in [0.25, 0.3) is 0 Å². The monoisotopic (exact) mass is 715 g/mol. The van der Waals surface area contributed by atoms with E-state index in [1.165, 1.54) is 0 Å². The van der Waals surface area contributed by atoms with Gasteiger partial charge in [0.05, 0.1) is 18.8 Å². The van der Waals surface area contributed by atoms with Crippen LogP contribution >= 0.6 is 0 Å². The van der Waals surface area contributed by atoms with Crippen molar-refractivity contribution in [1.82, 2.24) is 26.6 Å². The third-order valence-corrected chi connectivity index (χ3v) is 8.93. The van der Waals surface area contributed by atoms with Gasteiger partial charge in [-0.15, -0.1) is 0 Å². The van der Waals surface area contributed by atoms with Crippen molar-refractivity contribution in [3.8, 4) is 5.75 Å². The lowest BCUT2D eigenvalue weighted by molar-refractivity contribution is -0.133. The number of nitrogens with one attached hydrogen (secondary N) is 5. The molecule has 3 aromatic rings. The number of carbonyl (C=O) groups excluding carboxylic acids is 4. The second-order valence-corrected chi connectivity index (χ2v) is 13.8. The highest BCUT2D eigenvalue weighted by Gasteiger charge is 2.38. The summed E-state index contributed by atoms with van der Waals surface area (Å²) in [6.07, 6.45) is -0.622. The van der Waals surface area contributed by atoms with E-state index in [1.807, 2.05) is 98.8 Å². The molecule has 0 saturated carbocycles. The maximum atomic E-state index is 14.1. The van der Waals surface area contributed by atoms with E-state index >= 15 is 0 Å². The number of fused-ring (bicyclic) bond motifs is 14. The van der Waals surface area contributed by atoms with Gasteiger partial charge in [0.15, 0.2) is 0 Å². The third-order valence-electron chi connectivity index (χ3n) is 8.93. The zero-order valence-electron chi connectivity index (χ0n) is 30.5. The van der Waals surface area contributed by atoms with Gasteiger partial charge >= 0.3 is 6.09 Å². The molecule has 280 valence electrons. The molecule has 2 heterocycles. The molecular weight excluding hydrogens is 662 g/mol. The molecule has 5 atom stereocenters. The molecule has 2 bridgehead atoms. The van der Waals surface area contributed by atoms with Crippen LogP contribution in [0.3, 0.4) is 0 Å². The smallest absolute Gasteiger partial charge is 0.408 e. The van der Waals surface area contributed by atoms with Crippen LogP contribution in [-0.4, -0.2) is 72.3 Å². The Morgan fingerprint density at radius 3 is 2.13 bits per heavy atom. The van der Waals surface area contributed by atoms with Crippen LogP contribution in [0, 0.1) is 11.8 Å². The van der Waals surface area contributed by atoms with Crippen molar-refractivity contribution < 1.29 is 33.8 Å². The zero-order chi connectivity index (χ0) is 37.5. The highest BCUT2D eigenvalue weighted by molar-refractivity contribution is 5.90. The van der Waals surface area contributed by atoms with Crippen LogP contribution in [-0.2, 0) is 38.7 Å². The van der Waals surface area contributed by atoms with Gasteiger partial charge in [-0.25, -0.2) is 4.79 Å². The van der Waals surface area contributed by atoms with E-state index in [2.05, 4.69) is 26.6 Å². The van der Waals surface area contributed by atoms with Gasteiger partial charge in [-0.2, -0.15) is 0 Å². The van der Waals surface area contributed by atoms with Gasteiger partial charge in [0.2, 0.25) is 17.7 Å². The SMILES string of the molecule is CC(C)C1NC(=O)[C@@H](C(O)[C@H](Cc2ccccc2)NC(=O)[C@@H](NC(=O)OCc2ccccc2)C(C)C)NCc2ccc(cc2)OCCCCNC1=O. The number of hydrogen-bond donors (Lipinski definition) is 6. The minimum absolute atomic E-state index is 0.0298. The van der Waals surface area contributed by atoms with Gasteiger partial charge in [0, 0.05) is 13.1 Å². The molecule has 12 heteroatoms. The quantitative estimate of drug-likeness (QED) is 0.164. The van der Waals surface area contributed by atoms with Crippen molar-refractivity contribution in [1.29, 1.82) is 0 Å².